The lowest BCUT2D eigenvalue weighted by Crippen LogP contribution is -2.10. The highest BCUT2D eigenvalue weighted by Gasteiger charge is 2.19. The van der Waals surface area contributed by atoms with Crippen LogP contribution in [0.25, 0.3) is 11.2 Å². The van der Waals surface area contributed by atoms with E-state index >= 15 is 0 Å². The first-order chi connectivity index (χ1) is 11.0. The van der Waals surface area contributed by atoms with Gasteiger partial charge in [0.05, 0.1) is 24.3 Å². The molecule has 0 spiro atoms. The molecule has 0 aliphatic heterocycles. The Labute approximate surface area is 136 Å². The van der Waals surface area contributed by atoms with E-state index in [4.69, 9.17) is 9.97 Å². The first-order valence-corrected chi connectivity index (χ1v) is 8.00. The van der Waals surface area contributed by atoms with Crippen molar-refractivity contribution in [2.75, 3.05) is 0 Å². The highest BCUT2D eigenvalue weighted by molar-refractivity contribution is 5.74. The number of hydrogen-bond donors (Lipinski definition) is 0. The molecule has 0 N–H and O–H groups in total. The molecular weight excluding hydrogens is 288 g/mol. The lowest BCUT2D eigenvalue weighted by atomic mass is 10.1. The molecule has 0 bridgehead atoms. The van der Waals surface area contributed by atoms with Gasteiger partial charge in [-0.05, 0) is 24.5 Å². The topological polar surface area (TPSA) is 69.4 Å². The van der Waals surface area contributed by atoms with Gasteiger partial charge in [0.2, 0.25) is 0 Å². The normalized spacial score (nSPS) is 13.2. The minimum absolute atomic E-state index is 0.0884. The maximum Gasteiger partial charge on any atom is 0.164 e. The van der Waals surface area contributed by atoms with Crippen molar-refractivity contribution in [2.45, 2.75) is 52.5 Å². The molecule has 0 amide bonds. The summed E-state index contributed by atoms with van der Waals surface area (Å²) in [5.41, 5.74) is 3.86. The maximum absolute atomic E-state index is 4.78. The second-order valence-electron chi connectivity index (χ2n) is 6.45. The molecule has 6 heteroatoms. The number of hydrogen-bond acceptors (Lipinski definition) is 5. The van der Waals surface area contributed by atoms with E-state index in [9.17, 15) is 0 Å². The number of imidazole rings is 1. The van der Waals surface area contributed by atoms with Crippen LogP contribution in [0.15, 0.2) is 24.8 Å². The first kappa shape index (κ1) is 15.5. The van der Waals surface area contributed by atoms with Crippen LogP contribution in [0.3, 0.4) is 0 Å². The molecule has 0 aromatic carbocycles. The summed E-state index contributed by atoms with van der Waals surface area (Å²) in [6.45, 7) is 10.6. The smallest absolute Gasteiger partial charge is 0.164 e. The Morgan fingerprint density at radius 2 is 1.74 bits per heavy atom. The van der Waals surface area contributed by atoms with Gasteiger partial charge in [-0.3, -0.25) is 0 Å². The van der Waals surface area contributed by atoms with Gasteiger partial charge in [0.1, 0.15) is 11.3 Å². The maximum atomic E-state index is 4.78. The fraction of sp³-hybridized carbons (Fsp3) is 0.471. The van der Waals surface area contributed by atoms with Crippen LogP contribution >= 0.6 is 0 Å². The molecule has 23 heavy (non-hydrogen) atoms. The molecule has 3 aromatic rings. The molecule has 3 rings (SSSR count). The Morgan fingerprint density at radius 3 is 2.35 bits per heavy atom. The third-order valence-electron chi connectivity index (χ3n) is 4.04. The van der Waals surface area contributed by atoms with Gasteiger partial charge < -0.3 is 4.57 Å². The number of fused-ring (bicyclic) bond motifs is 1. The van der Waals surface area contributed by atoms with Gasteiger partial charge in [-0.1, -0.05) is 27.7 Å². The lowest BCUT2D eigenvalue weighted by Gasteiger charge is -2.15. The van der Waals surface area contributed by atoms with Crippen molar-refractivity contribution in [2.24, 2.45) is 0 Å². The molecule has 0 aliphatic rings. The number of rotatable bonds is 4. The second kappa shape index (κ2) is 6.02. The molecular formula is C17H22N6. The van der Waals surface area contributed by atoms with Crippen molar-refractivity contribution in [1.29, 1.82) is 0 Å². The van der Waals surface area contributed by atoms with Crippen LogP contribution in [-0.2, 0) is 0 Å². The van der Waals surface area contributed by atoms with Gasteiger partial charge in [-0.25, -0.2) is 15.0 Å². The quantitative estimate of drug-likeness (QED) is 0.738. The second-order valence-corrected chi connectivity index (χ2v) is 6.45. The Kier molecular flexibility index (Phi) is 4.07. The summed E-state index contributed by atoms with van der Waals surface area (Å²) >= 11 is 0. The molecule has 0 saturated heterocycles. The van der Waals surface area contributed by atoms with Crippen LogP contribution in [0.4, 0.5) is 0 Å². The van der Waals surface area contributed by atoms with Gasteiger partial charge in [0.15, 0.2) is 5.65 Å². The zero-order valence-corrected chi connectivity index (χ0v) is 14.2. The molecule has 0 aliphatic carbocycles. The van der Waals surface area contributed by atoms with E-state index in [1.54, 1.807) is 12.4 Å². The molecule has 3 aromatic heterocycles. The summed E-state index contributed by atoms with van der Waals surface area (Å²) in [7, 11) is 0. The first-order valence-electron chi connectivity index (χ1n) is 8.00. The summed E-state index contributed by atoms with van der Waals surface area (Å²) in [6, 6.07) is 2.06. The molecule has 0 fully saturated rings. The third kappa shape index (κ3) is 2.81. The highest BCUT2D eigenvalue weighted by atomic mass is 15.1. The molecule has 1 unspecified atom stereocenters. The van der Waals surface area contributed by atoms with Crippen LogP contribution in [-0.4, -0.2) is 29.7 Å². The van der Waals surface area contributed by atoms with Crippen LogP contribution in [0.2, 0.25) is 0 Å². The largest absolute Gasteiger partial charge is 0.308 e. The minimum atomic E-state index is 0.0884. The highest BCUT2D eigenvalue weighted by Crippen LogP contribution is 2.27. The standard InChI is InChI=1S/C17H22N6/c1-10(2)14-15-17(22-16(21-14)11(3)4)23(9-18-15)12(5)13-6-7-19-20-8-13/h6-12H,1-5H3. The fourth-order valence-corrected chi connectivity index (χ4v) is 2.61. The van der Waals surface area contributed by atoms with E-state index < -0.39 is 0 Å². The van der Waals surface area contributed by atoms with Crippen molar-refractivity contribution >= 4 is 11.2 Å². The fourth-order valence-electron chi connectivity index (χ4n) is 2.61. The lowest BCUT2D eigenvalue weighted by molar-refractivity contribution is 0.641. The molecule has 0 radical (unpaired) electrons. The molecule has 3 heterocycles. The van der Waals surface area contributed by atoms with Gasteiger partial charge in [-0.15, -0.1) is 0 Å². The van der Waals surface area contributed by atoms with E-state index in [0.717, 1.165) is 28.2 Å². The van der Waals surface area contributed by atoms with Crippen molar-refractivity contribution in [1.82, 2.24) is 29.7 Å². The van der Waals surface area contributed by atoms with Crippen molar-refractivity contribution in [3.8, 4) is 0 Å². The van der Waals surface area contributed by atoms with Gasteiger partial charge in [0, 0.05) is 12.1 Å². The van der Waals surface area contributed by atoms with Gasteiger partial charge >= 0.3 is 0 Å². The number of aromatic nitrogens is 6. The Morgan fingerprint density at radius 1 is 0.957 bits per heavy atom. The predicted octanol–water partition coefficient (Wildman–Crippen LogP) is 3.47. The Balaban J connectivity index is 2.19. The van der Waals surface area contributed by atoms with Crippen molar-refractivity contribution in [3.63, 3.8) is 0 Å². The number of nitrogens with zero attached hydrogens (tertiary/aromatic N) is 6. The molecule has 1 atom stereocenters. The van der Waals surface area contributed by atoms with E-state index in [-0.39, 0.29) is 12.0 Å². The van der Waals surface area contributed by atoms with Crippen LogP contribution in [0.1, 0.15) is 69.6 Å². The zero-order chi connectivity index (χ0) is 16.6. The average Bonchev–Trinajstić information content (AvgIpc) is 2.97. The Hall–Kier alpha value is -2.37. The van der Waals surface area contributed by atoms with Crippen molar-refractivity contribution < 1.29 is 0 Å². The third-order valence-corrected chi connectivity index (χ3v) is 4.04. The SMILES string of the molecule is CC(C)c1nc(C(C)C)c2ncn(C(C)c3ccnnc3)c2n1. The Bertz CT molecular complexity index is 807. The predicted molar refractivity (Wildman–Crippen MR) is 89.3 cm³/mol. The van der Waals surface area contributed by atoms with E-state index in [1.165, 1.54) is 0 Å². The van der Waals surface area contributed by atoms with E-state index in [1.807, 2.05) is 12.4 Å². The summed E-state index contributed by atoms with van der Waals surface area (Å²) in [5.74, 6) is 1.44. The minimum Gasteiger partial charge on any atom is -0.308 e. The van der Waals surface area contributed by atoms with E-state index in [0.29, 0.717) is 5.92 Å². The monoisotopic (exact) mass is 310 g/mol. The van der Waals surface area contributed by atoms with E-state index in [2.05, 4.69) is 54.4 Å². The van der Waals surface area contributed by atoms with Crippen LogP contribution in [0, 0.1) is 0 Å². The molecule has 6 nitrogen and oxygen atoms in total. The molecule has 0 saturated carbocycles. The summed E-state index contributed by atoms with van der Waals surface area (Å²) in [5, 5.41) is 7.82. The summed E-state index contributed by atoms with van der Waals surface area (Å²) in [4.78, 5) is 14.1. The van der Waals surface area contributed by atoms with Crippen LogP contribution < -0.4 is 0 Å². The zero-order valence-electron chi connectivity index (χ0n) is 14.2. The van der Waals surface area contributed by atoms with Gasteiger partial charge in [0.25, 0.3) is 0 Å². The van der Waals surface area contributed by atoms with Gasteiger partial charge in [-0.2, -0.15) is 10.2 Å². The molecule has 120 valence electrons. The average molecular weight is 310 g/mol. The summed E-state index contributed by atoms with van der Waals surface area (Å²) in [6.07, 6.45) is 5.34. The summed E-state index contributed by atoms with van der Waals surface area (Å²) < 4.78 is 2.09. The van der Waals surface area contributed by atoms with Crippen LogP contribution in [0.5, 0.6) is 0 Å². The van der Waals surface area contributed by atoms with Crippen molar-refractivity contribution in [3.05, 3.63) is 41.9 Å².